The van der Waals surface area contributed by atoms with Crippen molar-refractivity contribution in [3.63, 3.8) is 0 Å². The average Bonchev–Trinajstić information content (AvgIpc) is 2.73. The van der Waals surface area contributed by atoms with Crippen LogP contribution in [0.3, 0.4) is 0 Å². The molecule has 3 rings (SSSR count). The maximum absolute atomic E-state index is 13.0. The number of carbonyl (C=O) groups excluding carboxylic acids is 1. The molecule has 0 fully saturated rings. The molecular weight excluding hydrogens is 461 g/mol. The molecule has 8 heteroatoms. The van der Waals surface area contributed by atoms with E-state index < -0.39 is 23.8 Å². The highest BCUT2D eigenvalue weighted by Crippen LogP contribution is 2.34. The van der Waals surface area contributed by atoms with E-state index in [1.165, 1.54) is 18.2 Å². The summed E-state index contributed by atoms with van der Waals surface area (Å²) in [4.78, 5) is 12.4. The van der Waals surface area contributed by atoms with Crippen molar-refractivity contribution in [2.45, 2.75) is 25.6 Å². The minimum atomic E-state index is -4.51. The Hall–Kier alpha value is -2.87. The molecule has 0 aliphatic rings. The van der Waals surface area contributed by atoms with Crippen LogP contribution in [0.1, 0.15) is 24.5 Å². The standard InChI is InChI=1S/C22H18BrF3N2O2/c1-2-18(30-19-12-11-14-7-3-5-9-16(14)20(19)23)21(29)28-27-13-15-8-4-6-10-17(15)22(24,25)26/h3-13,18H,2H2,1H3,(H,28,29)/b27-13+. The molecule has 1 unspecified atom stereocenters. The van der Waals surface area contributed by atoms with Gasteiger partial charge in [0.25, 0.3) is 5.91 Å². The molecule has 4 nitrogen and oxygen atoms in total. The van der Waals surface area contributed by atoms with Crippen molar-refractivity contribution in [3.05, 3.63) is 76.3 Å². The van der Waals surface area contributed by atoms with Gasteiger partial charge in [-0.1, -0.05) is 55.5 Å². The number of nitrogens with zero attached hydrogens (tertiary/aromatic N) is 1. The van der Waals surface area contributed by atoms with E-state index in [2.05, 4.69) is 26.5 Å². The summed E-state index contributed by atoms with van der Waals surface area (Å²) >= 11 is 3.51. The van der Waals surface area contributed by atoms with E-state index in [0.717, 1.165) is 27.5 Å². The fourth-order valence-corrected chi connectivity index (χ4v) is 3.47. The molecule has 0 heterocycles. The lowest BCUT2D eigenvalue weighted by atomic mass is 10.1. The molecule has 0 aliphatic carbocycles. The monoisotopic (exact) mass is 478 g/mol. The number of rotatable bonds is 6. The second kappa shape index (κ2) is 9.30. The van der Waals surface area contributed by atoms with Crippen LogP contribution in [0.4, 0.5) is 13.2 Å². The molecule has 0 bridgehead atoms. The molecule has 0 saturated heterocycles. The molecule has 156 valence electrons. The van der Waals surface area contributed by atoms with Gasteiger partial charge in [0.1, 0.15) is 5.75 Å². The number of carbonyl (C=O) groups is 1. The highest BCUT2D eigenvalue weighted by molar-refractivity contribution is 9.10. The number of hydrogen-bond acceptors (Lipinski definition) is 3. The van der Waals surface area contributed by atoms with Crippen molar-refractivity contribution in [1.29, 1.82) is 0 Å². The van der Waals surface area contributed by atoms with Crippen molar-refractivity contribution in [2.75, 3.05) is 0 Å². The smallest absolute Gasteiger partial charge is 0.417 e. The fourth-order valence-electron chi connectivity index (χ4n) is 2.89. The average molecular weight is 479 g/mol. The predicted molar refractivity (Wildman–Crippen MR) is 114 cm³/mol. The number of fused-ring (bicyclic) bond motifs is 1. The molecular formula is C22H18BrF3N2O2. The third kappa shape index (κ3) is 4.99. The summed E-state index contributed by atoms with van der Waals surface area (Å²) in [5, 5.41) is 5.64. The topological polar surface area (TPSA) is 50.7 Å². The molecule has 1 atom stereocenters. The van der Waals surface area contributed by atoms with Crippen LogP contribution in [-0.2, 0) is 11.0 Å². The van der Waals surface area contributed by atoms with Crippen molar-refractivity contribution >= 4 is 38.8 Å². The van der Waals surface area contributed by atoms with Crippen LogP contribution in [0.15, 0.2) is 70.2 Å². The van der Waals surface area contributed by atoms with E-state index in [1.807, 2.05) is 30.3 Å². The van der Waals surface area contributed by atoms with Crippen LogP contribution in [0.25, 0.3) is 10.8 Å². The van der Waals surface area contributed by atoms with E-state index in [-0.39, 0.29) is 5.56 Å². The first-order valence-corrected chi connectivity index (χ1v) is 9.93. The van der Waals surface area contributed by atoms with Gasteiger partial charge in [-0.2, -0.15) is 18.3 Å². The molecule has 0 spiro atoms. The van der Waals surface area contributed by atoms with Gasteiger partial charge in [-0.05, 0) is 45.3 Å². The van der Waals surface area contributed by atoms with Gasteiger partial charge in [0.2, 0.25) is 0 Å². The van der Waals surface area contributed by atoms with Gasteiger partial charge in [-0.15, -0.1) is 0 Å². The van der Waals surface area contributed by atoms with Crippen LogP contribution in [0, 0.1) is 0 Å². The Bertz CT molecular complexity index is 1080. The summed E-state index contributed by atoms with van der Waals surface area (Å²) in [6.07, 6.45) is -4.05. The molecule has 3 aromatic carbocycles. The maximum atomic E-state index is 13.0. The lowest BCUT2D eigenvalue weighted by Gasteiger charge is -2.17. The number of benzene rings is 3. The lowest BCUT2D eigenvalue weighted by molar-refractivity contribution is -0.137. The van der Waals surface area contributed by atoms with Crippen molar-refractivity contribution in [3.8, 4) is 5.75 Å². The Balaban J connectivity index is 1.72. The molecule has 0 aliphatic heterocycles. The van der Waals surface area contributed by atoms with Crippen molar-refractivity contribution in [1.82, 2.24) is 5.43 Å². The Kier molecular flexibility index (Phi) is 6.77. The zero-order valence-corrected chi connectivity index (χ0v) is 17.5. The van der Waals surface area contributed by atoms with Crippen LogP contribution >= 0.6 is 15.9 Å². The number of nitrogens with one attached hydrogen (secondary N) is 1. The summed E-state index contributed by atoms with van der Waals surface area (Å²) in [7, 11) is 0. The van der Waals surface area contributed by atoms with E-state index in [0.29, 0.717) is 12.2 Å². The second-order valence-electron chi connectivity index (χ2n) is 6.43. The summed E-state index contributed by atoms with van der Waals surface area (Å²) in [6, 6.07) is 16.3. The molecule has 1 N–H and O–H groups in total. The first-order chi connectivity index (χ1) is 14.3. The molecule has 1 amide bonds. The fraction of sp³-hybridized carbons (Fsp3) is 0.182. The normalized spacial score (nSPS) is 12.8. The van der Waals surface area contributed by atoms with Gasteiger partial charge >= 0.3 is 6.18 Å². The van der Waals surface area contributed by atoms with Crippen LogP contribution < -0.4 is 10.2 Å². The van der Waals surface area contributed by atoms with Gasteiger partial charge in [0, 0.05) is 5.56 Å². The SMILES string of the molecule is CCC(Oc1ccc2ccccc2c1Br)C(=O)N/N=C/c1ccccc1C(F)(F)F. The van der Waals surface area contributed by atoms with E-state index >= 15 is 0 Å². The van der Waals surface area contributed by atoms with Crippen LogP contribution in [0.2, 0.25) is 0 Å². The number of hydrogen-bond donors (Lipinski definition) is 1. The third-order valence-electron chi connectivity index (χ3n) is 4.40. The summed E-state index contributed by atoms with van der Waals surface area (Å²) in [5.41, 5.74) is 1.29. The third-order valence-corrected chi connectivity index (χ3v) is 5.22. The highest BCUT2D eigenvalue weighted by atomic mass is 79.9. The van der Waals surface area contributed by atoms with Gasteiger partial charge in [0.05, 0.1) is 16.3 Å². The summed E-state index contributed by atoms with van der Waals surface area (Å²) in [5.74, 6) is -0.0691. The maximum Gasteiger partial charge on any atom is 0.417 e. The van der Waals surface area contributed by atoms with Crippen LogP contribution in [0.5, 0.6) is 5.75 Å². The largest absolute Gasteiger partial charge is 0.479 e. The van der Waals surface area contributed by atoms with E-state index in [1.54, 1.807) is 13.0 Å². The number of halogens is 4. The summed E-state index contributed by atoms with van der Waals surface area (Å²) in [6.45, 7) is 1.77. The lowest BCUT2D eigenvalue weighted by Crippen LogP contribution is -2.35. The quantitative estimate of drug-likeness (QED) is 0.352. The number of hydrazone groups is 1. The summed E-state index contributed by atoms with van der Waals surface area (Å²) < 4.78 is 45.7. The minimum Gasteiger partial charge on any atom is -0.479 e. The molecule has 3 aromatic rings. The zero-order chi connectivity index (χ0) is 21.7. The van der Waals surface area contributed by atoms with E-state index in [4.69, 9.17) is 4.74 Å². The second-order valence-corrected chi connectivity index (χ2v) is 7.23. The van der Waals surface area contributed by atoms with Gasteiger partial charge in [0.15, 0.2) is 6.10 Å². The Morgan fingerprint density at radius 2 is 1.83 bits per heavy atom. The van der Waals surface area contributed by atoms with Crippen LogP contribution in [-0.4, -0.2) is 18.2 Å². The Morgan fingerprint density at radius 1 is 1.13 bits per heavy atom. The first kappa shape index (κ1) is 21.8. The Labute approximate surface area is 179 Å². The molecule has 30 heavy (non-hydrogen) atoms. The van der Waals surface area contributed by atoms with Crippen molar-refractivity contribution < 1.29 is 22.7 Å². The number of ether oxygens (including phenoxy) is 1. The highest BCUT2D eigenvalue weighted by Gasteiger charge is 2.32. The minimum absolute atomic E-state index is 0.142. The van der Waals surface area contributed by atoms with Gasteiger partial charge in [-0.3, -0.25) is 4.79 Å². The molecule has 0 saturated carbocycles. The van der Waals surface area contributed by atoms with E-state index in [9.17, 15) is 18.0 Å². The van der Waals surface area contributed by atoms with Gasteiger partial charge < -0.3 is 4.74 Å². The first-order valence-electron chi connectivity index (χ1n) is 9.14. The van der Waals surface area contributed by atoms with Crippen molar-refractivity contribution in [2.24, 2.45) is 5.10 Å². The predicted octanol–water partition coefficient (Wildman–Crippen LogP) is 5.93. The molecule has 0 radical (unpaired) electrons. The zero-order valence-electron chi connectivity index (χ0n) is 15.9. The molecule has 0 aromatic heterocycles. The van der Waals surface area contributed by atoms with Gasteiger partial charge in [-0.25, -0.2) is 5.43 Å². The number of amides is 1. The number of alkyl halides is 3. The Morgan fingerprint density at radius 3 is 2.57 bits per heavy atom.